The fourth-order valence-electron chi connectivity index (χ4n) is 1.83. The average molecular weight is 196 g/mol. The van der Waals surface area contributed by atoms with Gasteiger partial charge in [-0.3, -0.25) is 0 Å². The third-order valence-corrected chi connectivity index (χ3v) is 2.69. The van der Waals surface area contributed by atoms with Crippen LogP contribution in [0.25, 0.3) is 5.57 Å². The van der Waals surface area contributed by atoms with E-state index in [0.29, 0.717) is 0 Å². The molecule has 76 valence electrons. The van der Waals surface area contributed by atoms with Gasteiger partial charge in [0.2, 0.25) is 0 Å². The van der Waals surface area contributed by atoms with Crippen molar-refractivity contribution < 1.29 is 0 Å². The summed E-state index contributed by atoms with van der Waals surface area (Å²) in [5.41, 5.74) is 4.13. The Balaban J connectivity index is 2.41. The summed E-state index contributed by atoms with van der Waals surface area (Å²) in [6.45, 7) is 2.21. The van der Waals surface area contributed by atoms with E-state index >= 15 is 0 Å². The van der Waals surface area contributed by atoms with Gasteiger partial charge in [-0.15, -0.1) is 0 Å². The van der Waals surface area contributed by atoms with Crippen molar-refractivity contribution in [3.8, 4) is 0 Å². The summed E-state index contributed by atoms with van der Waals surface area (Å²) < 4.78 is 0. The summed E-state index contributed by atoms with van der Waals surface area (Å²) >= 11 is 0. The molecule has 1 aromatic rings. The highest BCUT2D eigenvalue weighted by atomic mass is 14.1. The molecule has 0 amide bonds. The molecule has 0 heterocycles. The van der Waals surface area contributed by atoms with E-state index in [2.05, 4.69) is 61.6 Å². The van der Waals surface area contributed by atoms with Gasteiger partial charge in [0, 0.05) is 0 Å². The lowest BCUT2D eigenvalue weighted by molar-refractivity contribution is 1.18. The molecular weight excluding hydrogens is 180 g/mol. The first-order valence-corrected chi connectivity index (χ1v) is 5.44. The second kappa shape index (κ2) is 4.79. The summed E-state index contributed by atoms with van der Waals surface area (Å²) in [5, 5.41) is 0. The van der Waals surface area contributed by atoms with Crippen molar-refractivity contribution >= 4 is 5.57 Å². The lowest BCUT2D eigenvalue weighted by Gasteiger charge is -2.09. The molecule has 0 saturated carbocycles. The van der Waals surface area contributed by atoms with Gasteiger partial charge >= 0.3 is 0 Å². The standard InChI is InChI=1S/C15H16/c1-13-9-5-2-3-8-12-15(13)14-10-6-4-7-11-14/h2,4-8,10-12H,3,9H2,1H3. The Morgan fingerprint density at radius 1 is 0.933 bits per heavy atom. The maximum absolute atomic E-state index is 2.25. The van der Waals surface area contributed by atoms with Gasteiger partial charge in [0.1, 0.15) is 0 Å². The molecule has 0 radical (unpaired) electrons. The zero-order valence-corrected chi connectivity index (χ0v) is 9.11. The molecule has 0 atom stereocenters. The molecule has 1 aliphatic rings. The van der Waals surface area contributed by atoms with E-state index in [9.17, 15) is 0 Å². The van der Waals surface area contributed by atoms with Gasteiger partial charge in [-0.25, -0.2) is 0 Å². The van der Waals surface area contributed by atoms with E-state index in [0.717, 1.165) is 12.8 Å². The van der Waals surface area contributed by atoms with Crippen LogP contribution in [0.3, 0.4) is 0 Å². The SMILES string of the molecule is CC1=C(c2ccccc2)C=CCC=CC1. The Labute approximate surface area is 91.6 Å². The Morgan fingerprint density at radius 3 is 2.53 bits per heavy atom. The molecule has 0 saturated heterocycles. The van der Waals surface area contributed by atoms with E-state index in [-0.39, 0.29) is 0 Å². The number of rotatable bonds is 1. The molecule has 15 heavy (non-hydrogen) atoms. The number of allylic oxidation sites excluding steroid dienone is 6. The highest BCUT2D eigenvalue weighted by Crippen LogP contribution is 2.23. The van der Waals surface area contributed by atoms with E-state index in [1.807, 2.05) is 0 Å². The zero-order valence-electron chi connectivity index (χ0n) is 9.11. The molecule has 0 spiro atoms. The van der Waals surface area contributed by atoms with Crippen LogP contribution in [-0.2, 0) is 0 Å². The Kier molecular flexibility index (Phi) is 3.18. The fourth-order valence-corrected chi connectivity index (χ4v) is 1.83. The lowest BCUT2D eigenvalue weighted by Crippen LogP contribution is -1.87. The molecule has 0 fully saturated rings. The van der Waals surface area contributed by atoms with E-state index < -0.39 is 0 Å². The minimum atomic E-state index is 1.05. The monoisotopic (exact) mass is 196 g/mol. The van der Waals surface area contributed by atoms with Crippen LogP contribution in [0, 0.1) is 0 Å². The first kappa shape index (κ1) is 9.97. The van der Waals surface area contributed by atoms with E-state index in [4.69, 9.17) is 0 Å². The first-order chi connectivity index (χ1) is 7.38. The largest absolute Gasteiger partial charge is 0.0844 e. The van der Waals surface area contributed by atoms with Crippen LogP contribution in [-0.4, -0.2) is 0 Å². The van der Waals surface area contributed by atoms with Crippen LogP contribution in [0.5, 0.6) is 0 Å². The second-order valence-corrected chi connectivity index (χ2v) is 3.87. The molecule has 0 N–H and O–H groups in total. The molecule has 0 heteroatoms. The maximum Gasteiger partial charge on any atom is -0.0132 e. The van der Waals surface area contributed by atoms with Crippen molar-refractivity contribution in [3.63, 3.8) is 0 Å². The Morgan fingerprint density at radius 2 is 1.73 bits per heavy atom. The Bertz CT molecular complexity index is 405. The van der Waals surface area contributed by atoms with Crippen LogP contribution in [0.2, 0.25) is 0 Å². The molecule has 1 aliphatic carbocycles. The number of hydrogen-bond donors (Lipinski definition) is 0. The second-order valence-electron chi connectivity index (χ2n) is 3.87. The normalized spacial score (nSPS) is 16.3. The van der Waals surface area contributed by atoms with Crippen LogP contribution in [0.15, 0.2) is 60.2 Å². The van der Waals surface area contributed by atoms with Gasteiger partial charge in [0.15, 0.2) is 0 Å². The first-order valence-electron chi connectivity index (χ1n) is 5.44. The summed E-state index contributed by atoms with van der Waals surface area (Å²) in [6, 6.07) is 10.6. The summed E-state index contributed by atoms with van der Waals surface area (Å²) in [5.74, 6) is 0. The zero-order chi connectivity index (χ0) is 10.5. The lowest BCUT2D eigenvalue weighted by atomic mass is 9.96. The van der Waals surface area contributed by atoms with Gasteiger partial charge in [0.25, 0.3) is 0 Å². The third-order valence-electron chi connectivity index (χ3n) is 2.69. The molecular formula is C15H16. The van der Waals surface area contributed by atoms with Crippen molar-refractivity contribution in [2.45, 2.75) is 19.8 Å². The van der Waals surface area contributed by atoms with Crippen LogP contribution in [0.1, 0.15) is 25.3 Å². The topological polar surface area (TPSA) is 0 Å². The van der Waals surface area contributed by atoms with Crippen LogP contribution < -0.4 is 0 Å². The molecule has 0 nitrogen and oxygen atoms in total. The summed E-state index contributed by atoms with van der Waals surface area (Å²) in [6.07, 6.45) is 11.1. The van der Waals surface area contributed by atoms with Gasteiger partial charge in [-0.1, -0.05) is 60.2 Å². The van der Waals surface area contributed by atoms with E-state index in [1.54, 1.807) is 0 Å². The summed E-state index contributed by atoms with van der Waals surface area (Å²) in [7, 11) is 0. The van der Waals surface area contributed by atoms with Crippen molar-refractivity contribution in [2.75, 3.05) is 0 Å². The van der Waals surface area contributed by atoms with Crippen molar-refractivity contribution in [2.24, 2.45) is 0 Å². The summed E-state index contributed by atoms with van der Waals surface area (Å²) in [4.78, 5) is 0. The number of benzene rings is 1. The predicted octanol–water partition coefficient (Wildman–Crippen LogP) is 4.37. The number of hydrogen-bond acceptors (Lipinski definition) is 0. The van der Waals surface area contributed by atoms with Crippen molar-refractivity contribution in [1.29, 1.82) is 0 Å². The molecule has 0 bridgehead atoms. The van der Waals surface area contributed by atoms with Crippen molar-refractivity contribution in [1.82, 2.24) is 0 Å². The Hall–Kier alpha value is -1.56. The van der Waals surface area contributed by atoms with Crippen LogP contribution in [0.4, 0.5) is 0 Å². The van der Waals surface area contributed by atoms with Gasteiger partial charge in [-0.05, 0) is 30.9 Å². The highest BCUT2D eigenvalue weighted by Gasteiger charge is 2.02. The molecule has 1 aromatic carbocycles. The average Bonchev–Trinajstić information content (AvgIpc) is 2.25. The molecule has 0 aromatic heterocycles. The van der Waals surface area contributed by atoms with Gasteiger partial charge in [0.05, 0.1) is 0 Å². The maximum atomic E-state index is 2.25. The highest BCUT2D eigenvalue weighted by molar-refractivity contribution is 5.76. The quantitative estimate of drug-likeness (QED) is 0.585. The fraction of sp³-hybridized carbons (Fsp3) is 0.200. The predicted molar refractivity (Wildman–Crippen MR) is 66.6 cm³/mol. The molecule has 0 aliphatic heterocycles. The van der Waals surface area contributed by atoms with Gasteiger partial charge < -0.3 is 0 Å². The third kappa shape index (κ3) is 2.47. The molecule has 0 unspecified atom stereocenters. The van der Waals surface area contributed by atoms with E-state index in [1.165, 1.54) is 16.7 Å². The smallest absolute Gasteiger partial charge is 0.0132 e. The van der Waals surface area contributed by atoms with Gasteiger partial charge in [-0.2, -0.15) is 0 Å². The molecule has 2 rings (SSSR count). The minimum Gasteiger partial charge on any atom is -0.0844 e. The van der Waals surface area contributed by atoms with Crippen molar-refractivity contribution in [3.05, 3.63) is 65.8 Å². The minimum absolute atomic E-state index is 1.05. The van der Waals surface area contributed by atoms with Crippen LogP contribution >= 0.6 is 0 Å².